The summed E-state index contributed by atoms with van der Waals surface area (Å²) < 4.78 is 9.63. The molecule has 5 heteroatoms. The molecule has 0 radical (unpaired) electrons. The van der Waals surface area contributed by atoms with Crippen molar-refractivity contribution < 1.29 is 24.8 Å². The van der Waals surface area contributed by atoms with E-state index < -0.39 is 30.7 Å². The first-order chi connectivity index (χ1) is 5.57. The van der Waals surface area contributed by atoms with Crippen LogP contribution in [0.5, 0.6) is 0 Å². The molecule has 0 amide bonds. The van der Waals surface area contributed by atoms with E-state index in [-0.39, 0.29) is 0 Å². The van der Waals surface area contributed by atoms with Gasteiger partial charge in [0.25, 0.3) is 0 Å². The largest absolute Gasteiger partial charge is 0.388 e. The second kappa shape index (κ2) is 3.68. The minimum Gasteiger partial charge on any atom is -0.388 e. The standard InChI is InChI=1S/C7H14O5/c1-3-4(8)6(11-2)5(9)7(10)12-3/h3-10H,1-2H3/t3-,4-,5+,6+,7+/m0/s1. The van der Waals surface area contributed by atoms with Gasteiger partial charge in [0.1, 0.15) is 18.3 Å². The molecule has 0 unspecified atom stereocenters. The smallest absolute Gasteiger partial charge is 0.183 e. The van der Waals surface area contributed by atoms with Crippen LogP contribution in [0.1, 0.15) is 6.92 Å². The van der Waals surface area contributed by atoms with Crippen LogP contribution in [-0.4, -0.2) is 53.1 Å². The van der Waals surface area contributed by atoms with Crippen LogP contribution in [0.2, 0.25) is 0 Å². The van der Waals surface area contributed by atoms with E-state index in [2.05, 4.69) is 0 Å². The van der Waals surface area contributed by atoms with Gasteiger partial charge in [-0.3, -0.25) is 0 Å². The molecule has 1 rings (SSSR count). The van der Waals surface area contributed by atoms with E-state index in [0.29, 0.717) is 0 Å². The average Bonchev–Trinajstić information content (AvgIpc) is 2.02. The number of hydrogen-bond donors (Lipinski definition) is 3. The Morgan fingerprint density at radius 2 is 1.75 bits per heavy atom. The van der Waals surface area contributed by atoms with Crippen molar-refractivity contribution in [3.05, 3.63) is 0 Å². The molecule has 0 aliphatic carbocycles. The van der Waals surface area contributed by atoms with Crippen molar-refractivity contribution in [3.8, 4) is 0 Å². The third-order valence-corrected chi connectivity index (χ3v) is 2.07. The molecule has 1 fully saturated rings. The number of aliphatic hydroxyl groups is 3. The van der Waals surface area contributed by atoms with Crippen LogP contribution in [0, 0.1) is 0 Å². The predicted octanol–water partition coefficient (Wildman–Crippen LogP) is -1.54. The minimum atomic E-state index is -1.28. The van der Waals surface area contributed by atoms with Gasteiger partial charge in [-0.25, -0.2) is 0 Å². The van der Waals surface area contributed by atoms with Crippen molar-refractivity contribution >= 4 is 0 Å². The van der Waals surface area contributed by atoms with Gasteiger partial charge in [-0.15, -0.1) is 0 Å². The summed E-state index contributed by atoms with van der Waals surface area (Å²) in [5.74, 6) is 0. The lowest BCUT2D eigenvalue weighted by Gasteiger charge is -2.38. The Balaban J connectivity index is 2.67. The van der Waals surface area contributed by atoms with Gasteiger partial charge in [-0.05, 0) is 6.92 Å². The van der Waals surface area contributed by atoms with Crippen LogP contribution < -0.4 is 0 Å². The first-order valence-electron chi connectivity index (χ1n) is 3.80. The van der Waals surface area contributed by atoms with Crippen molar-refractivity contribution in [2.75, 3.05) is 7.11 Å². The Bertz CT molecular complexity index is 137. The van der Waals surface area contributed by atoms with Crippen molar-refractivity contribution in [3.63, 3.8) is 0 Å². The number of aliphatic hydroxyl groups excluding tert-OH is 3. The zero-order chi connectivity index (χ0) is 9.30. The van der Waals surface area contributed by atoms with Crippen molar-refractivity contribution in [1.29, 1.82) is 0 Å². The minimum absolute atomic E-state index is 0.534. The molecular weight excluding hydrogens is 164 g/mol. The fourth-order valence-corrected chi connectivity index (χ4v) is 1.29. The molecule has 1 heterocycles. The normalized spacial score (nSPS) is 49.2. The van der Waals surface area contributed by atoms with Crippen LogP contribution in [0.25, 0.3) is 0 Å². The maximum Gasteiger partial charge on any atom is 0.183 e. The number of hydrogen-bond acceptors (Lipinski definition) is 5. The molecule has 0 aromatic heterocycles. The number of rotatable bonds is 1. The maximum absolute atomic E-state index is 9.40. The topological polar surface area (TPSA) is 79.2 Å². The molecule has 1 aliphatic rings. The molecule has 0 aromatic carbocycles. The van der Waals surface area contributed by atoms with Gasteiger partial charge < -0.3 is 24.8 Å². The lowest BCUT2D eigenvalue weighted by Crippen LogP contribution is -2.57. The molecule has 0 saturated carbocycles. The Hall–Kier alpha value is -0.200. The molecule has 0 aromatic rings. The number of methoxy groups -OCH3 is 1. The SMILES string of the molecule is CO[C@@H]1[C@@H](O)[C@H](C)O[C@@H](O)[C@@H]1O. The van der Waals surface area contributed by atoms with E-state index in [1.54, 1.807) is 6.92 Å². The highest BCUT2D eigenvalue weighted by Crippen LogP contribution is 2.21. The van der Waals surface area contributed by atoms with Crippen LogP contribution in [0.4, 0.5) is 0 Å². The zero-order valence-corrected chi connectivity index (χ0v) is 7.04. The molecule has 12 heavy (non-hydrogen) atoms. The van der Waals surface area contributed by atoms with Gasteiger partial charge in [0.05, 0.1) is 6.10 Å². The molecule has 72 valence electrons. The molecular formula is C7H14O5. The first-order valence-corrected chi connectivity index (χ1v) is 3.80. The van der Waals surface area contributed by atoms with E-state index >= 15 is 0 Å². The van der Waals surface area contributed by atoms with Crippen molar-refractivity contribution in [1.82, 2.24) is 0 Å². The van der Waals surface area contributed by atoms with E-state index in [1.165, 1.54) is 7.11 Å². The van der Waals surface area contributed by atoms with Crippen LogP contribution in [-0.2, 0) is 9.47 Å². The van der Waals surface area contributed by atoms with Gasteiger partial charge in [-0.2, -0.15) is 0 Å². The Morgan fingerprint density at radius 1 is 1.17 bits per heavy atom. The quantitative estimate of drug-likeness (QED) is 0.453. The Kier molecular flexibility index (Phi) is 3.03. The van der Waals surface area contributed by atoms with E-state index in [4.69, 9.17) is 14.6 Å². The summed E-state index contributed by atoms with van der Waals surface area (Å²) in [6.07, 6.45) is -4.71. The summed E-state index contributed by atoms with van der Waals surface area (Å²) in [5.41, 5.74) is 0. The molecule has 3 N–H and O–H groups in total. The van der Waals surface area contributed by atoms with Crippen LogP contribution >= 0.6 is 0 Å². The summed E-state index contributed by atoms with van der Waals surface area (Å²) in [5, 5.41) is 27.8. The predicted molar refractivity (Wildman–Crippen MR) is 39.4 cm³/mol. The highest BCUT2D eigenvalue weighted by atomic mass is 16.6. The molecule has 1 saturated heterocycles. The molecule has 1 aliphatic heterocycles. The van der Waals surface area contributed by atoms with Gasteiger partial charge in [0.15, 0.2) is 6.29 Å². The van der Waals surface area contributed by atoms with E-state index in [1.807, 2.05) is 0 Å². The van der Waals surface area contributed by atoms with Gasteiger partial charge in [-0.1, -0.05) is 0 Å². The summed E-state index contributed by atoms with van der Waals surface area (Å²) in [6, 6.07) is 0. The lowest BCUT2D eigenvalue weighted by molar-refractivity contribution is -0.282. The van der Waals surface area contributed by atoms with E-state index in [9.17, 15) is 10.2 Å². The van der Waals surface area contributed by atoms with Gasteiger partial charge >= 0.3 is 0 Å². The van der Waals surface area contributed by atoms with Gasteiger partial charge in [0.2, 0.25) is 0 Å². The summed E-state index contributed by atoms with van der Waals surface area (Å²) in [6.45, 7) is 1.60. The second-order valence-corrected chi connectivity index (χ2v) is 2.91. The number of ether oxygens (including phenoxy) is 2. The molecule has 0 bridgehead atoms. The van der Waals surface area contributed by atoms with Crippen molar-refractivity contribution in [2.24, 2.45) is 0 Å². The monoisotopic (exact) mass is 178 g/mol. The van der Waals surface area contributed by atoms with Gasteiger partial charge in [0, 0.05) is 7.11 Å². The van der Waals surface area contributed by atoms with Crippen LogP contribution in [0.3, 0.4) is 0 Å². The third kappa shape index (κ3) is 1.60. The van der Waals surface area contributed by atoms with Crippen molar-refractivity contribution in [2.45, 2.75) is 37.6 Å². The molecule has 0 spiro atoms. The molecule has 5 nitrogen and oxygen atoms in total. The zero-order valence-electron chi connectivity index (χ0n) is 7.04. The third-order valence-electron chi connectivity index (χ3n) is 2.07. The first kappa shape index (κ1) is 9.88. The summed E-state index contributed by atoms with van der Waals surface area (Å²) in [7, 11) is 1.36. The van der Waals surface area contributed by atoms with Crippen LogP contribution in [0.15, 0.2) is 0 Å². The van der Waals surface area contributed by atoms with E-state index in [0.717, 1.165) is 0 Å². The average molecular weight is 178 g/mol. The fourth-order valence-electron chi connectivity index (χ4n) is 1.29. The lowest BCUT2D eigenvalue weighted by atomic mass is 10.00. The summed E-state index contributed by atoms with van der Waals surface area (Å²) >= 11 is 0. The summed E-state index contributed by atoms with van der Waals surface area (Å²) in [4.78, 5) is 0. The highest BCUT2D eigenvalue weighted by Gasteiger charge is 2.42. The maximum atomic E-state index is 9.40. The molecule has 5 atom stereocenters. The Morgan fingerprint density at radius 3 is 2.25 bits per heavy atom. The second-order valence-electron chi connectivity index (χ2n) is 2.91. The highest BCUT2D eigenvalue weighted by molar-refractivity contribution is 4.87. The Labute approximate surface area is 70.5 Å². The fraction of sp³-hybridized carbons (Fsp3) is 1.00.